The van der Waals surface area contributed by atoms with Crippen molar-refractivity contribution in [3.8, 4) is 0 Å². The molecule has 3 aromatic rings. The van der Waals surface area contributed by atoms with E-state index in [1.807, 2.05) is 60.7 Å². The predicted octanol–water partition coefficient (Wildman–Crippen LogP) is 5.76. The fourth-order valence-corrected chi connectivity index (χ4v) is 3.83. The highest BCUT2D eigenvalue weighted by Gasteiger charge is 2.19. The summed E-state index contributed by atoms with van der Waals surface area (Å²) in [5.41, 5.74) is 1.21. The second-order valence-corrected chi connectivity index (χ2v) is 8.35. The highest BCUT2D eigenvalue weighted by Crippen LogP contribution is 2.28. The number of amides is 1. The molecule has 3 rings (SSSR count). The quantitative estimate of drug-likeness (QED) is 0.316. The van der Waals surface area contributed by atoms with E-state index in [0.717, 1.165) is 9.79 Å². The van der Waals surface area contributed by atoms with Crippen molar-refractivity contribution in [2.75, 3.05) is 5.32 Å². The zero-order chi connectivity index (χ0) is 22.8. The monoisotopic (exact) mass is 447 g/mol. The average Bonchev–Trinajstić information content (AvgIpc) is 2.81. The molecule has 5 nitrogen and oxygen atoms in total. The molecule has 3 aromatic carbocycles. The van der Waals surface area contributed by atoms with Crippen molar-refractivity contribution in [3.05, 3.63) is 90.5 Å². The number of ether oxygens (including phenoxy) is 1. The van der Waals surface area contributed by atoms with Crippen LogP contribution in [0.2, 0.25) is 0 Å². The molecule has 0 spiro atoms. The van der Waals surface area contributed by atoms with E-state index in [1.165, 1.54) is 0 Å². The molecule has 0 radical (unpaired) electrons. The first-order valence-corrected chi connectivity index (χ1v) is 11.2. The van der Waals surface area contributed by atoms with Gasteiger partial charge in [0.1, 0.15) is 0 Å². The van der Waals surface area contributed by atoms with Gasteiger partial charge in [-0.1, -0.05) is 60.3 Å². The molecular weight excluding hydrogens is 422 g/mol. The minimum absolute atomic E-state index is 0.0759. The summed E-state index contributed by atoms with van der Waals surface area (Å²) in [4.78, 5) is 38.6. The van der Waals surface area contributed by atoms with Crippen LogP contribution in [0.4, 0.5) is 5.69 Å². The van der Waals surface area contributed by atoms with Gasteiger partial charge < -0.3 is 10.1 Å². The number of nitrogens with one attached hydrogen (secondary N) is 1. The Hall–Kier alpha value is -3.38. The first kappa shape index (κ1) is 23.3. The molecule has 0 aliphatic carbocycles. The van der Waals surface area contributed by atoms with E-state index < -0.39 is 12.1 Å². The number of rotatable bonds is 10. The first-order valence-electron chi connectivity index (χ1n) is 10.4. The van der Waals surface area contributed by atoms with Crippen LogP contribution < -0.4 is 5.32 Å². The van der Waals surface area contributed by atoms with Crippen molar-refractivity contribution >= 4 is 35.1 Å². The summed E-state index contributed by atoms with van der Waals surface area (Å²) in [5, 5.41) is 2.83. The molecule has 1 N–H and O–H groups in total. The number of hydrogen-bond donors (Lipinski definition) is 1. The third-order valence-electron chi connectivity index (χ3n) is 4.64. The lowest BCUT2D eigenvalue weighted by Crippen LogP contribution is -2.24. The van der Waals surface area contributed by atoms with Crippen molar-refractivity contribution in [2.45, 2.75) is 42.1 Å². The molecule has 0 saturated carbocycles. The van der Waals surface area contributed by atoms with Crippen molar-refractivity contribution in [1.29, 1.82) is 0 Å². The van der Waals surface area contributed by atoms with Crippen LogP contribution in [-0.2, 0) is 14.3 Å². The largest absolute Gasteiger partial charge is 0.454 e. The van der Waals surface area contributed by atoms with E-state index in [-0.39, 0.29) is 24.5 Å². The number of benzene rings is 3. The van der Waals surface area contributed by atoms with Gasteiger partial charge in [0.05, 0.1) is 0 Å². The lowest BCUT2D eigenvalue weighted by molar-refractivity contribution is -0.146. The Morgan fingerprint density at radius 3 is 2.06 bits per heavy atom. The van der Waals surface area contributed by atoms with Crippen LogP contribution in [0.5, 0.6) is 0 Å². The Morgan fingerprint density at radius 2 is 1.41 bits per heavy atom. The lowest BCUT2D eigenvalue weighted by Gasteiger charge is -2.12. The number of esters is 1. The molecule has 0 fully saturated rings. The minimum atomic E-state index is -0.856. The molecule has 0 aliphatic heterocycles. The van der Waals surface area contributed by atoms with Crippen LogP contribution in [0.1, 0.15) is 36.5 Å². The molecule has 0 aromatic heterocycles. The zero-order valence-corrected chi connectivity index (χ0v) is 18.6. The van der Waals surface area contributed by atoms with Crippen molar-refractivity contribution in [2.24, 2.45) is 0 Å². The van der Waals surface area contributed by atoms with Crippen molar-refractivity contribution in [1.82, 2.24) is 0 Å². The fourth-order valence-electron chi connectivity index (χ4n) is 2.99. The molecule has 1 atom stereocenters. The Bertz CT molecular complexity index is 1040. The van der Waals surface area contributed by atoms with Gasteiger partial charge in [0.25, 0.3) is 0 Å². The summed E-state index contributed by atoms with van der Waals surface area (Å²) in [7, 11) is 0. The normalized spacial score (nSPS) is 11.4. The van der Waals surface area contributed by atoms with Crippen LogP contribution in [0, 0.1) is 0 Å². The third kappa shape index (κ3) is 7.39. The summed E-state index contributed by atoms with van der Waals surface area (Å²) < 4.78 is 5.21. The Kier molecular flexibility index (Phi) is 8.63. The minimum Gasteiger partial charge on any atom is -0.454 e. The van der Waals surface area contributed by atoms with Gasteiger partial charge in [-0.25, -0.2) is 0 Å². The zero-order valence-electron chi connectivity index (χ0n) is 17.8. The van der Waals surface area contributed by atoms with Crippen LogP contribution in [-0.4, -0.2) is 23.8 Å². The summed E-state index contributed by atoms with van der Waals surface area (Å²) in [6.45, 7) is 1.56. The van der Waals surface area contributed by atoms with Crippen LogP contribution in [0.3, 0.4) is 0 Å². The van der Waals surface area contributed by atoms with E-state index in [9.17, 15) is 14.4 Å². The second-order valence-electron chi connectivity index (χ2n) is 7.20. The number of carbonyl (C=O) groups is 3. The Balaban J connectivity index is 1.37. The van der Waals surface area contributed by atoms with Gasteiger partial charge in [0.2, 0.25) is 11.7 Å². The molecule has 0 aliphatic rings. The summed E-state index contributed by atoms with van der Waals surface area (Å²) >= 11 is 1.65. The summed E-state index contributed by atoms with van der Waals surface area (Å²) in [6, 6.07) is 26.4. The SMILES string of the molecule is CC(OC(=O)CCCC(=O)Nc1ccc(Sc2ccccc2)cc1)C(=O)c1ccccc1. The molecule has 0 heterocycles. The maximum absolute atomic E-state index is 12.2. The third-order valence-corrected chi connectivity index (χ3v) is 5.65. The molecule has 1 unspecified atom stereocenters. The van der Waals surface area contributed by atoms with E-state index in [2.05, 4.69) is 5.32 Å². The second kappa shape index (κ2) is 11.9. The molecule has 1 amide bonds. The molecule has 6 heteroatoms. The van der Waals surface area contributed by atoms with E-state index in [1.54, 1.807) is 43.0 Å². The van der Waals surface area contributed by atoms with Crippen molar-refractivity contribution < 1.29 is 19.1 Å². The Labute approximate surface area is 192 Å². The highest BCUT2D eigenvalue weighted by atomic mass is 32.2. The summed E-state index contributed by atoms with van der Waals surface area (Å²) in [6.07, 6.45) is -0.242. The first-order chi connectivity index (χ1) is 15.5. The Morgan fingerprint density at radius 1 is 0.812 bits per heavy atom. The fraction of sp³-hybridized carbons (Fsp3) is 0.192. The molecule has 0 saturated heterocycles. The van der Waals surface area contributed by atoms with Crippen molar-refractivity contribution in [3.63, 3.8) is 0 Å². The maximum atomic E-state index is 12.2. The number of anilines is 1. The van der Waals surface area contributed by atoms with Gasteiger partial charge in [0.15, 0.2) is 6.10 Å². The van der Waals surface area contributed by atoms with E-state index in [0.29, 0.717) is 17.7 Å². The van der Waals surface area contributed by atoms with Gasteiger partial charge in [-0.2, -0.15) is 0 Å². The van der Waals surface area contributed by atoms with Crippen LogP contribution in [0.25, 0.3) is 0 Å². The topological polar surface area (TPSA) is 72.5 Å². The van der Waals surface area contributed by atoms with E-state index in [4.69, 9.17) is 4.74 Å². The number of hydrogen-bond acceptors (Lipinski definition) is 5. The molecule has 164 valence electrons. The molecule has 0 bridgehead atoms. The number of Topliss-reactive ketones (excluding diaryl/α,β-unsaturated/α-hetero) is 1. The van der Waals surface area contributed by atoms with Crippen LogP contribution in [0.15, 0.2) is 94.7 Å². The lowest BCUT2D eigenvalue weighted by atomic mass is 10.1. The average molecular weight is 448 g/mol. The number of ketones is 1. The van der Waals surface area contributed by atoms with E-state index >= 15 is 0 Å². The smallest absolute Gasteiger partial charge is 0.306 e. The standard InChI is InChI=1S/C26H25NO4S/c1-19(26(30)20-9-4-2-5-10-20)31-25(29)14-8-13-24(28)27-21-15-17-23(18-16-21)32-22-11-6-3-7-12-22/h2-7,9-12,15-19H,8,13-14H2,1H3,(H,27,28). The van der Waals surface area contributed by atoms with Gasteiger partial charge in [0, 0.05) is 33.9 Å². The number of carbonyl (C=O) groups excluding carboxylic acids is 3. The van der Waals surface area contributed by atoms with Gasteiger partial charge in [-0.05, 0) is 49.7 Å². The van der Waals surface area contributed by atoms with Gasteiger partial charge >= 0.3 is 5.97 Å². The molecular formula is C26H25NO4S. The highest BCUT2D eigenvalue weighted by molar-refractivity contribution is 7.99. The van der Waals surface area contributed by atoms with Gasteiger partial charge in [-0.15, -0.1) is 0 Å². The van der Waals surface area contributed by atoms with Crippen LogP contribution >= 0.6 is 11.8 Å². The summed E-state index contributed by atoms with van der Waals surface area (Å²) in [5.74, 6) is -0.905. The predicted molar refractivity (Wildman–Crippen MR) is 126 cm³/mol. The van der Waals surface area contributed by atoms with Gasteiger partial charge in [-0.3, -0.25) is 14.4 Å². The maximum Gasteiger partial charge on any atom is 0.306 e. The molecule has 32 heavy (non-hydrogen) atoms.